The maximum absolute atomic E-state index is 12.1. The third kappa shape index (κ3) is 4.05. The Morgan fingerprint density at radius 1 is 1.50 bits per heavy atom. The summed E-state index contributed by atoms with van der Waals surface area (Å²) in [6, 6.07) is 7.67. The van der Waals surface area contributed by atoms with Gasteiger partial charge in [-0.1, -0.05) is 35.0 Å². The molecule has 0 saturated carbocycles. The second kappa shape index (κ2) is 6.59. The molecule has 2 nitrogen and oxygen atoms in total. The Hall–Kier alpha value is -0.100. The highest BCUT2D eigenvalue weighted by Crippen LogP contribution is 2.14. The minimum Gasteiger partial charge on any atom is -0.342 e. The number of nitrogens with zero attached hydrogens (tertiary/aromatic N) is 1. The summed E-state index contributed by atoms with van der Waals surface area (Å²) in [5, 5.41) is 0. The lowest BCUT2D eigenvalue weighted by Crippen LogP contribution is -2.29. The number of rotatable bonds is 4. The molecule has 1 atom stereocenters. The molecular weight excluding hydrogens is 381 g/mol. The Bertz CT molecular complexity index is 368. The minimum atomic E-state index is 0.0955. The summed E-state index contributed by atoms with van der Waals surface area (Å²) in [7, 11) is 1.85. The van der Waals surface area contributed by atoms with Gasteiger partial charge in [-0.15, -0.1) is 0 Å². The molecule has 0 saturated heterocycles. The summed E-state index contributed by atoms with van der Waals surface area (Å²) >= 11 is 5.68. The number of hydrogen-bond donors (Lipinski definition) is 0. The molecule has 0 aromatic heterocycles. The molecule has 0 bridgehead atoms. The Balaban J connectivity index is 2.67. The van der Waals surface area contributed by atoms with Crippen LogP contribution in [0.25, 0.3) is 0 Å². The van der Waals surface area contributed by atoms with Crippen LogP contribution in [0.2, 0.25) is 0 Å². The van der Waals surface area contributed by atoms with Crippen LogP contribution in [-0.2, 0) is 0 Å². The van der Waals surface area contributed by atoms with Crippen LogP contribution in [0.3, 0.4) is 0 Å². The molecule has 0 heterocycles. The first-order chi connectivity index (χ1) is 7.52. The van der Waals surface area contributed by atoms with Gasteiger partial charge >= 0.3 is 0 Å². The van der Waals surface area contributed by atoms with Crippen molar-refractivity contribution in [2.45, 2.75) is 18.2 Å². The van der Waals surface area contributed by atoms with Crippen LogP contribution in [0.4, 0.5) is 0 Å². The van der Waals surface area contributed by atoms with Gasteiger partial charge in [0.15, 0.2) is 0 Å². The number of carbonyl (C=O) groups excluding carboxylic acids is 1. The molecule has 88 valence electrons. The minimum absolute atomic E-state index is 0.0955. The van der Waals surface area contributed by atoms with Crippen LogP contribution in [-0.4, -0.2) is 29.2 Å². The Morgan fingerprint density at radius 3 is 2.69 bits per heavy atom. The Labute approximate surface area is 119 Å². The normalized spacial score (nSPS) is 12.2. The van der Waals surface area contributed by atoms with Crippen LogP contribution in [0, 0.1) is 3.57 Å². The maximum atomic E-state index is 12.1. The smallest absolute Gasteiger partial charge is 0.254 e. The molecule has 16 heavy (non-hydrogen) atoms. The van der Waals surface area contributed by atoms with Gasteiger partial charge in [-0.3, -0.25) is 4.79 Å². The van der Waals surface area contributed by atoms with E-state index in [1.54, 1.807) is 4.90 Å². The summed E-state index contributed by atoms with van der Waals surface area (Å²) in [6.07, 6.45) is 0.964. The monoisotopic (exact) mass is 395 g/mol. The predicted molar refractivity (Wildman–Crippen MR) is 79.1 cm³/mol. The van der Waals surface area contributed by atoms with Crippen molar-refractivity contribution in [3.05, 3.63) is 33.4 Å². The van der Waals surface area contributed by atoms with Crippen molar-refractivity contribution in [3.8, 4) is 0 Å². The van der Waals surface area contributed by atoms with Gasteiger partial charge in [0.25, 0.3) is 5.91 Å². The first-order valence-electron chi connectivity index (χ1n) is 5.16. The number of hydrogen-bond acceptors (Lipinski definition) is 1. The number of carbonyl (C=O) groups is 1. The molecule has 4 heteroatoms. The van der Waals surface area contributed by atoms with Crippen LogP contribution >= 0.6 is 38.5 Å². The molecule has 0 N–H and O–H groups in total. The molecule has 0 radical (unpaired) electrons. The SMILES string of the molecule is CC(Br)CCN(C)C(=O)c1ccccc1I. The first-order valence-corrected chi connectivity index (χ1v) is 7.16. The van der Waals surface area contributed by atoms with Gasteiger partial charge in [-0.05, 0) is 41.1 Å². The van der Waals surface area contributed by atoms with E-state index in [1.165, 1.54) is 0 Å². The lowest BCUT2D eigenvalue weighted by atomic mass is 10.2. The zero-order valence-corrected chi connectivity index (χ0v) is 13.2. The van der Waals surface area contributed by atoms with Crippen molar-refractivity contribution >= 4 is 44.4 Å². The molecule has 1 aromatic carbocycles. The highest BCUT2D eigenvalue weighted by molar-refractivity contribution is 14.1. The highest BCUT2D eigenvalue weighted by Gasteiger charge is 2.14. The quantitative estimate of drug-likeness (QED) is 0.564. The lowest BCUT2D eigenvalue weighted by molar-refractivity contribution is 0.0793. The summed E-state index contributed by atoms with van der Waals surface area (Å²) in [6.45, 7) is 2.86. The van der Waals surface area contributed by atoms with Crippen molar-refractivity contribution in [2.24, 2.45) is 0 Å². The van der Waals surface area contributed by atoms with E-state index >= 15 is 0 Å². The fourth-order valence-electron chi connectivity index (χ4n) is 1.31. The molecule has 1 unspecified atom stereocenters. The molecule has 0 aliphatic carbocycles. The van der Waals surface area contributed by atoms with Gasteiger partial charge in [-0.2, -0.15) is 0 Å². The van der Waals surface area contributed by atoms with E-state index in [1.807, 2.05) is 31.3 Å². The van der Waals surface area contributed by atoms with E-state index in [9.17, 15) is 4.79 Å². The Morgan fingerprint density at radius 2 is 2.12 bits per heavy atom. The number of amides is 1. The summed E-state index contributed by atoms with van der Waals surface area (Å²) in [5.74, 6) is 0.0955. The number of benzene rings is 1. The average Bonchev–Trinajstić information content (AvgIpc) is 2.25. The topological polar surface area (TPSA) is 20.3 Å². The first kappa shape index (κ1) is 14.0. The van der Waals surface area contributed by atoms with Gasteiger partial charge in [0, 0.05) is 22.0 Å². The van der Waals surface area contributed by atoms with Gasteiger partial charge in [0.2, 0.25) is 0 Å². The van der Waals surface area contributed by atoms with E-state index in [0.29, 0.717) is 4.83 Å². The van der Waals surface area contributed by atoms with Crippen molar-refractivity contribution in [2.75, 3.05) is 13.6 Å². The van der Waals surface area contributed by atoms with Gasteiger partial charge in [0.1, 0.15) is 0 Å². The molecule has 0 spiro atoms. The van der Waals surface area contributed by atoms with E-state index in [0.717, 1.165) is 22.1 Å². The number of halogens is 2. The van der Waals surface area contributed by atoms with Crippen molar-refractivity contribution in [3.63, 3.8) is 0 Å². The molecule has 1 amide bonds. The largest absolute Gasteiger partial charge is 0.342 e. The maximum Gasteiger partial charge on any atom is 0.254 e. The third-order valence-electron chi connectivity index (χ3n) is 2.31. The average molecular weight is 396 g/mol. The standard InChI is InChI=1S/C12H15BrINO/c1-9(13)7-8-15(2)12(16)10-5-3-4-6-11(10)14/h3-6,9H,7-8H2,1-2H3. The van der Waals surface area contributed by atoms with Crippen molar-refractivity contribution < 1.29 is 4.79 Å². The molecule has 0 aliphatic rings. The van der Waals surface area contributed by atoms with Gasteiger partial charge in [0.05, 0.1) is 5.56 Å². The molecule has 1 aromatic rings. The number of alkyl halides is 1. The van der Waals surface area contributed by atoms with Crippen LogP contribution in [0.1, 0.15) is 23.7 Å². The van der Waals surface area contributed by atoms with Crippen molar-refractivity contribution in [1.82, 2.24) is 4.90 Å². The fraction of sp³-hybridized carbons (Fsp3) is 0.417. The summed E-state index contributed by atoms with van der Waals surface area (Å²) in [4.78, 5) is 14.3. The molecule has 1 rings (SSSR count). The van der Waals surface area contributed by atoms with Crippen LogP contribution in [0.15, 0.2) is 24.3 Å². The third-order valence-corrected chi connectivity index (χ3v) is 3.71. The van der Waals surface area contributed by atoms with E-state index in [2.05, 4.69) is 45.4 Å². The van der Waals surface area contributed by atoms with E-state index in [-0.39, 0.29) is 5.91 Å². The summed E-state index contributed by atoms with van der Waals surface area (Å²) in [5.41, 5.74) is 0.785. The predicted octanol–water partition coefficient (Wildman–Crippen LogP) is 3.54. The van der Waals surface area contributed by atoms with Gasteiger partial charge in [-0.25, -0.2) is 0 Å². The zero-order chi connectivity index (χ0) is 12.1. The van der Waals surface area contributed by atoms with E-state index < -0.39 is 0 Å². The highest BCUT2D eigenvalue weighted by atomic mass is 127. The lowest BCUT2D eigenvalue weighted by Gasteiger charge is -2.18. The van der Waals surface area contributed by atoms with Crippen molar-refractivity contribution in [1.29, 1.82) is 0 Å². The molecule has 0 aliphatic heterocycles. The Kier molecular flexibility index (Phi) is 5.75. The zero-order valence-electron chi connectivity index (χ0n) is 9.41. The summed E-state index contributed by atoms with van der Waals surface area (Å²) < 4.78 is 1.00. The van der Waals surface area contributed by atoms with Crippen LogP contribution in [0.5, 0.6) is 0 Å². The van der Waals surface area contributed by atoms with Gasteiger partial charge < -0.3 is 4.90 Å². The molecular formula is C12H15BrINO. The molecule has 0 fully saturated rings. The van der Waals surface area contributed by atoms with E-state index in [4.69, 9.17) is 0 Å². The second-order valence-corrected chi connectivity index (χ2v) is 6.50. The van der Waals surface area contributed by atoms with Crippen LogP contribution < -0.4 is 0 Å². The second-order valence-electron chi connectivity index (χ2n) is 3.78. The fourth-order valence-corrected chi connectivity index (χ4v) is 2.14.